The predicted molar refractivity (Wildman–Crippen MR) is 65.7 cm³/mol. The zero-order valence-electron chi connectivity index (χ0n) is 10.4. The molecule has 94 valence electrons. The lowest BCUT2D eigenvalue weighted by atomic mass is 10.0. The molecule has 0 aliphatic carbocycles. The van der Waals surface area contributed by atoms with Gasteiger partial charge in [-0.3, -0.25) is 9.59 Å². The molecule has 17 heavy (non-hydrogen) atoms. The fraction of sp³-hybridized carbons (Fsp3) is 0.545. The number of amides is 1. The summed E-state index contributed by atoms with van der Waals surface area (Å²) < 4.78 is 1.54. The van der Waals surface area contributed by atoms with Gasteiger partial charge in [-0.15, -0.1) is 0 Å². The number of nitrogens with two attached hydrogens (primary N) is 1. The highest BCUT2D eigenvalue weighted by Crippen LogP contribution is 2.13. The number of carbonyl (C=O) groups is 1. The quantitative estimate of drug-likeness (QED) is 0.773. The number of nitrogens with one attached hydrogen (secondary N) is 1. The van der Waals surface area contributed by atoms with Crippen molar-refractivity contribution >= 4 is 11.7 Å². The lowest BCUT2D eigenvalue weighted by molar-refractivity contribution is -0.118. The van der Waals surface area contributed by atoms with Crippen LogP contribution in [0, 0.1) is 0 Å². The first-order valence-corrected chi connectivity index (χ1v) is 5.47. The molecule has 0 fully saturated rings. The molecule has 1 amide bonds. The average Bonchev–Trinajstić information content (AvgIpc) is 2.19. The zero-order valence-corrected chi connectivity index (χ0v) is 10.4. The second-order valence-corrected chi connectivity index (χ2v) is 4.52. The summed E-state index contributed by atoms with van der Waals surface area (Å²) >= 11 is 0. The second-order valence-electron chi connectivity index (χ2n) is 4.52. The number of nitrogens with zero attached hydrogens (tertiary/aromatic N) is 2. The van der Waals surface area contributed by atoms with E-state index in [0.29, 0.717) is 6.54 Å². The lowest BCUT2D eigenvalue weighted by Gasteiger charge is -2.25. The summed E-state index contributed by atoms with van der Waals surface area (Å²) in [6, 6.07) is 0. The largest absolute Gasteiger partial charge is 0.370 e. The molecule has 1 aromatic heterocycles. The molecule has 0 saturated heterocycles. The van der Waals surface area contributed by atoms with Crippen molar-refractivity contribution in [1.29, 1.82) is 0 Å². The minimum Gasteiger partial charge on any atom is -0.370 e. The van der Waals surface area contributed by atoms with Gasteiger partial charge in [-0.2, -0.15) is 0 Å². The summed E-state index contributed by atoms with van der Waals surface area (Å²) in [7, 11) is 0. The van der Waals surface area contributed by atoms with Crippen LogP contribution in [-0.2, 0) is 11.3 Å². The van der Waals surface area contributed by atoms with Crippen molar-refractivity contribution in [3.63, 3.8) is 0 Å². The lowest BCUT2D eigenvalue weighted by Crippen LogP contribution is -2.39. The van der Waals surface area contributed by atoms with Crippen LogP contribution in [-0.4, -0.2) is 21.0 Å². The van der Waals surface area contributed by atoms with E-state index in [4.69, 9.17) is 5.73 Å². The van der Waals surface area contributed by atoms with Gasteiger partial charge in [0, 0.05) is 30.9 Å². The molecule has 0 bridgehead atoms. The molecule has 1 aromatic rings. The monoisotopic (exact) mass is 238 g/mol. The molecule has 6 heteroatoms. The highest BCUT2D eigenvalue weighted by atomic mass is 16.1. The van der Waals surface area contributed by atoms with Crippen LogP contribution in [0.4, 0.5) is 5.82 Å². The van der Waals surface area contributed by atoms with E-state index in [1.165, 1.54) is 4.57 Å². The molecular weight excluding hydrogens is 220 g/mol. The van der Waals surface area contributed by atoms with Crippen molar-refractivity contribution in [2.45, 2.75) is 39.3 Å². The van der Waals surface area contributed by atoms with Crippen molar-refractivity contribution in [3.8, 4) is 0 Å². The van der Waals surface area contributed by atoms with Crippen LogP contribution in [0.5, 0.6) is 0 Å². The number of carbonyl (C=O) groups excluding carboxylic acids is 1. The minimum absolute atomic E-state index is 0.134. The molecule has 0 unspecified atom stereocenters. The van der Waals surface area contributed by atoms with Gasteiger partial charge in [-0.25, -0.2) is 4.98 Å². The van der Waals surface area contributed by atoms with Crippen LogP contribution in [0.2, 0.25) is 0 Å². The maximum absolute atomic E-state index is 11.9. The Hall–Kier alpha value is -1.85. The molecule has 3 N–H and O–H groups in total. The van der Waals surface area contributed by atoms with Gasteiger partial charge in [0.15, 0.2) is 5.82 Å². The van der Waals surface area contributed by atoms with Gasteiger partial charge in [0.1, 0.15) is 0 Å². The Morgan fingerprint density at radius 1 is 1.59 bits per heavy atom. The zero-order chi connectivity index (χ0) is 13.1. The minimum atomic E-state index is -0.592. The van der Waals surface area contributed by atoms with Crippen LogP contribution in [0.3, 0.4) is 0 Å². The maximum atomic E-state index is 11.9. The molecule has 0 aliphatic rings. The Balaban J connectivity index is 2.95. The molecular formula is C11H18N4O2. The molecule has 0 aromatic carbocycles. The first kappa shape index (κ1) is 13.2. The van der Waals surface area contributed by atoms with Crippen LogP contribution < -0.4 is 16.6 Å². The summed E-state index contributed by atoms with van der Waals surface area (Å²) in [4.78, 5) is 26.8. The Morgan fingerprint density at radius 3 is 2.76 bits per heavy atom. The van der Waals surface area contributed by atoms with Crippen LogP contribution >= 0.6 is 0 Å². The van der Waals surface area contributed by atoms with E-state index in [9.17, 15) is 9.59 Å². The molecule has 0 radical (unpaired) electrons. The molecule has 0 aliphatic heterocycles. The van der Waals surface area contributed by atoms with Crippen molar-refractivity contribution < 1.29 is 4.79 Å². The molecule has 0 saturated carbocycles. The van der Waals surface area contributed by atoms with Gasteiger partial charge in [0.2, 0.25) is 5.91 Å². The van der Waals surface area contributed by atoms with Gasteiger partial charge >= 0.3 is 0 Å². The van der Waals surface area contributed by atoms with E-state index in [2.05, 4.69) is 10.3 Å². The third kappa shape index (κ3) is 3.58. The summed E-state index contributed by atoms with van der Waals surface area (Å²) in [5, 5.41) is 2.95. The van der Waals surface area contributed by atoms with Crippen molar-refractivity contribution in [3.05, 3.63) is 22.7 Å². The Morgan fingerprint density at radius 2 is 2.24 bits per heavy atom. The van der Waals surface area contributed by atoms with E-state index >= 15 is 0 Å². The molecule has 0 atom stereocenters. The van der Waals surface area contributed by atoms with E-state index < -0.39 is 11.4 Å². The fourth-order valence-corrected chi connectivity index (χ4v) is 1.58. The number of aryl methyl sites for hydroxylation is 1. The van der Waals surface area contributed by atoms with Crippen LogP contribution in [0.25, 0.3) is 0 Å². The molecule has 1 rings (SSSR count). The normalized spacial score (nSPS) is 11.2. The first-order chi connectivity index (χ1) is 7.85. The summed E-state index contributed by atoms with van der Waals surface area (Å²) in [5.41, 5.74) is 4.35. The van der Waals surface area contributed by atoms with Crippen LogP contribution in [0.1, 0.15) is 27.2 Å². The molecule has 0 spiro atoms. The summed E-state index contributed by atoms with van der Waals surface area (Å²) in [6.07, 6.45) is 3.30. The van der Waals surface area contributed by atoms with E-state index in [0.717, 1.165) is 0 Å². The molecule has 1 heterocycles. The van der Waals surface area contributed by atoms with E-state index in [-0.39, 0.29) is 17.8 Å². The van der Waals surface area contributed by atoms with E-state index in [1.54, 1.807) is 26.2 Å². The van der Waals surface area contributed by atoms with Gasteiger partial charge < -0.3 is 15.6 Å². The average molecular weight is 238 g/mol. The Bertz CT molecular complexity index is 465. The number of anilines is 1. The third-order valence-electron chi connectivity index (χ3n) is 2.33. The highest BCUT2D eigenvalue weighted by Gasteiger charge is 2.22. The predicted octanol–water partition coefficient (Wildman–Crippen LogP) is 0.329. The Kier molecular flexibility index (Phi) is 3.88. The van der Waals surface area contributed by atoms with Crippen molar-refractivity contribution in [2.24, 2.45) is 5.73 Å². The van der Waals surface area contributed by atoms with Gasteiger partial charge in [0.25, 0.3) is 5.56 Å². The first-order valence-electron chi connectivity index (χ1n) is 5.47. The number of aromatic nitrogens is 2. The van der Waals surface area contributed by atoms with Gasteiger partial charge in [-0.1, -0.05) is 0 Å². The van der Waals surface area contributed by atoms with Gasteiger partial charge in [0.05, 0.1) is 0 Å². The van der Waals surface area contributed by atoms with E-state index in [1.807, 2.05) is 6.92 Å². The SMILES string of the molecule is CCn1ccnc(NC(C)(C)CC(N)=O)c1=O. The number of rotatable bonds is 5. The smallest absolute Gasteiger partial charge is 0.293 e. The van der Waals surface area contributed by atoms with Crippen LogP contribution in [0.15, 0.2) is 17.2 Å². The maximum Gasteiger partial charge on any atom is 0.293 e. The van der Waals surface area contributed by atoms with Gasteiger partial charge in [-0.05, 0) is 20.8 Å². The van der Waals surface area contributed by atoms with Crippen molar-refractivity contribution in [1.82, 2.24) is 9.55 Å². The third-order valence-corrected chi connectivity index (χ3v) is 2.33. The second kappa shape index (κ2) is 4.99. The number of hydrogen-bond acceptors (Lipinski definition) is 4. The van der Waals surface area contributed by atoms with Crippen molar-refractivity contribution in [2.75, 3.05) is 5.32 Å². The number of primary amides is 1. The standard InChI is InChI=1S/C11H18N4O2/c1-4-15-6-5-13-9(10(15)17)14-11(2,3)7-8(12)16/h5-6H,4,7H2,1-3H3,(H2,12,16)(H,13,14). The fourth-order valence-electron chi connectivity index (χ4n) is 1.58. The molecule has 6 nitrogen and oxygen atoms in total. The topological polar surface area (TPSA) is 90.0 Å². The summed E-state index contributed by atoms with van der Waals surface area (Å²) in [5.74, 6) is -0.185. The highest BCUT2D eigenvalue weighted by molar-refractivity contribution is 5.75. The summed E-state index contributed by atoms with van der Waals surface area (Å²) in [6.45, 7) is 6.04. The number of hydrogen-bond donors (Lipinski definition) is 2. The Labute approximate surface area is 99.8 Å².